The summed E-state index contributed by atoms with van der Waals surface area (Å²) in [5, 5.41) is 13.5. The van der Waals surface area contributed by atoms with Gasteiger partial charge in [-0.2, -0.15) is 0 Å². The van der Waals surface area contributed by atoms with Gasteiger partial charge in [-0.25, -0.2) is 0 Å². The molecule has 2 aromatic heterocycles. The van der Waals surface area contributed by atoms with Crippen LogP contribution in [0.5, 0.6) is 0 Å². The van der Waals surface area contributed by atoms with Gasteiger partial charge in [0.15, 0.2) is 0 Å². The normalized spacial score (nSPS) is 12.6. The van der Waals surface area contributed by atoms with Crippen LogP contribution in [0, 0.1) is 0 Å². The zero-order chi connectivity index (χ0) is 81.8. The van der Waals surface area contributed by atoms with Crippen LogP contribution in [0.1, 0.15) is 44.5 Å². The lowest BCUT2D eigenvalue weighted by Crippen LogP contribution is -2.28. The number of nitrogens with zero attached hydrogens (tertiary/aromatic N) is 3. The molecular formula is C118H81BrN4. The van der Waals surface area contributed by atoms with Crippen molar-refractivity contribution >= 4 is 110 Å². The highest BCUT2D eigenvalue weighted by Crippen LogP contribution is 2.58. The summed E-state index contributed by atoms with van der Waals surface area (Å²) >= 11 is 3.59. The Bertz CT molecular complexity index is 7590. The molecular weight excluding hydrogens is 1550 g/mol. The third-order valence-electron chi connectivity index (χ3n) is 25.3. The van der Waals surface area contributed by atoms with Crippen molar-refractivity contribution in [3.63, 3.8) is 0 Å². The summed E-state index contributed by atoms with van der Waals surface area (Å²) in [6.07, 6.45) is 0. The lowest BCUT2D eigenvalue weighted by atomic mass is 9.68. The highest BCUT2D eigenvalue weighted by atomic mass is 79.9. The van der Waals surface area contributed by atoms with E-state index in [1.807, 2.05) is 0 Å². The number of halogens is 1. The molecule has 0 spiro atoms. The van der Waals surface area contributed by atoms with Crippen LogP contribution in [0.4, 0.5) is 28.4 Å². The number of benzene rings is 20. The van der Waals surface area contributed by atoms with Gasteiger partial charge in [0, 0.05) is 70.9 Å². The Balaban J connectivity index is 0.000000122. The highest BCUT2D eigenvalue weighted by Gasteiger charge is 2.47. The van der Waals surface area contributed by atoms with Crippen LogP contribution in [-0.4, -0.2) is 9.13 Å². The van der Waals surface area contributed by atoms with E-state index in [-0.39, 0.29) is 5.41 Å². The lowest BCUT2D eigenvalue weighted by molar-refractivity contribution is 0.768. The summed E-state index contributed by atoms with van der Waals surface area (Å²) < 4.78 is 5.85. The summed E-state index contributed by atoms with van der Waals surface area (Å²) in [6.45, 7) is 0. The maximum absolute atomic E-state index is 3.60. The summed E-state index contributed by atoms with van der Waals surface area (Å²) in [6, 6.07) is 176. The summed E-state index contributed by atoms with van der Waals surface area (Å²) in [4.78, 5) is 2.41. The van der Waals surface area contributed by atoms with E-state index in [1.165, 1.54) is 160 Å². The molecule has 0 saturated heterocycles. The van der Waals surface area contributed by atoms with Crippen molar-refractivity contribution in [2.75, 3.05) is 10.2 Å². The zero-order valence-corrected chi connectivity index (χ0v) is 69.0. The fraction of sp³-hybridized carbons (Fsp3) is 0.0169. The first-order valence-corrected chi connectivity index (χ1v) is 43.0. The maximum Gasteiger partial charge on any atom is 0.0713 e. The van der Waals surface area contributed by atoms with Crippen LogP contribution in [0.25, 0.3) is 121 Å². The van der Waals surface area contributed by atoms with Crippen molar-refractivity contribution in [2.45, 2.75) is 10.8 Å². The molecule has 123 heavy (non-hydrogen) atoms. The maximum atomic E-state index is 3.60. The van der Waals surface area contributed by atoms with E-state index < -0.39 is 5.41 Å². The van der Waals surface area contributed by atoms with Gasteiger partial charge in [0.25, 0.3) is 0 Å². The van der Waals surface area contributed by atoms with Gasteiger partial charge in [-0.1, -0.05) is 392 Å². The molecule has 2 heterocycles. The van der Waals surface area contributed by atoms with E-state index in [9.17, 15) is 0 Å². The first-order valence-electron chi connectivity index (χ1n) is 42.2. The van der Waals surface area contributed by atoms with E-state index in [2.05, 4.69) is 521 Å². The second-order valence-corrected chi connectivity index (χ2v) is 32.8. The minimum Gasteiger partial charge on any atom is -0.355 e. The Morgan fingerprint density at radius 1 is 0.228 bits per heavy atom. The third-order valence-corrected chi connectivity index (χ3v) is 25.8. The Kier molecular flexibility index (Phi) is 18.9. The van der Waals surface area contributed by atoms with Crippen molar-refractivity contribution in [1.29, 1.82) is 0 Å². The Morgan fingerprint density at radius 2 is 0.553 bits per heavy atom. The molecule has 0 fully saturated rings. The molecule has 2 aliphatic rings. The monoisotopic (exact) mass is 1630 g/mol. The van der Waals surface area contributed by atoms with Gasteiger partial charge in [0.2, 0.25) is 0 Å². The molecule has 0 radical (unpaired) electrons. The van der Waals surface area contributed by atoms with Gasteiger partial charge in [-0.05, 0) is 209 Å². The van der Waals surface area contributed by atoms with Crippen LogP contribution >= 0.6 is 15.9 Å². The largest absolute Gasteiger partial charge is 0.355 e. The third kappa shape index (κ3) is 12.7. The predicted octanol–water partition coefficient (Wildman–Crippen LogP) is 31.6. The van der Waals surface area contributed by atoms with Gasteiger partial charge in [-0.3, -0.25) is 0 Å². The van der Waals surface area contributed by atoms with Crippen molar-refractivity contribution in [3.05, 3.63) is 534 Å². The predicted molar refractivity (Wildman–Crippen MR) is 521 cm³/mol. The quantitative estimate of drug-likeness (QED) is 0.124. The molecule has 1 N–H and O–H groups in total. The topological polar surface area (TPSA) is 25.1 Å². The molecule has 2 aliphatic carbocycles. The van der Waals surface area contributed by atoms with E-state index in [0.717, 1.165) is 38.6 Å². The number of para-hydroxylation sites is 4. The summed E-state index contributed by atoms with van der Waals surface area (Å²) in [5.41, 5.74) is 32.5. The van der Waals surface area contributed by atoms with Crippen LogP contribution in [0.2, 0.25) is 0 Å². The molecule has 0 atom stereocenters. The van der Waals surface area contributed by atoms with Gasteiger partial charge in [0.05, 0.1) is 38.6 Å². The van der Waals surface area contributed by atoms with Crippen LogP contribution in [0.15, 0.2) is 490 Å². The summed E-state index contributed by atoms with van der Waals surface area (Å²) in [5.74, 6) is 0. The molecule has 4 nitrogen and oxygen atoms in total. The highest BCUT2D eigenvalue weighted by molar-refractivity contribution is 9.10. The molecule has 22 aromatic rings. The average molecular weight is 1630 g/mol. The Morgan fingerprint density at radius 3 is 1.02 bits per heavy atom. The average Bonchev–Trinajstić information content (AvgIpc) is 1.55. The van der Waals surface area contributed by atoms with Crippen LogP contribution in [0.3, 0.4) is 0 Å². The molecule has 20 aromatic carbocycles. The van der Waals surface area contributed by atoms with Crippen LogP contribution < -0.4 is 10.2 Å². The van der Waals surface area contributed by atoms with E-state index >= 15 is 0 Å². The molecule has 0 amide bonds. The number of fused-ring (bicyclic) bond motifs is 14. The van der Waals surface area contributed by atoms with E-state index in [4.69, 9.17) is 0 Å². The Labute approximate surface area is 724 Å². The zero-order valence-electron chi connectivity index (χ0n) is 67.4. The van der Waals surface area contributed by atoms with Crippen LogP contribution in [-0.2, 0) is 10.8 Å². The second kappa shape index (κ2) is 31.4. The first-order chi connectivity index (χ1) is 60.9. The minimum absolute atomic E-state index is 0.283. The standard InChI is InChI=1S/C59H40N2.C34H24N2.C25H17Br/c1-3-18-44(19-4-1)59(54-26-12-9-23-50(54)51-24-10-13-27-55(51)59)45-33-37-48(38-34-45)60(56-29-15-17-42-16-7-8-22-49(42)56)47-35-30-41(31-36-47)43-32-39-53-52-25-11-14-28-57(52)61(58(53)40-43)46-20-5-2-6-21-46;1-2-11-28(12-3-1)36-33-16-7-6-14-30(33)31-22-19-26(23-34(31)36)24-17-20-27(21-18-24)35-32-15-8-10-25-9-4-5-13-29(25)32;26-20-16-14-19(15-17-20)25(18-8-2-1-3-9-18)23-12-6-4-10-21(23)22-11-5-7-13-24(22)25/h1-40H;1-23,35H;1-17H. The van der Waals surface area contributed by atoms with Gasteiger partial charge < -0.3 is 19.4 Å². The number of hydrogen-bond donors (Lipinski definition) is 1. The van der Waals surface area contributed by atoms with Crippen molar-refractivity contribution in [2.24, 2.45) is 0 Å². The molecule has 0 aliphatic heterocycles. The smallest absolute Gasteiger partial charge is 0.0713 e. The van der Waals surface area contributed by atoms with Crippen molar-refractivity contribution in [3.8, 4) is 55.9 Å². The molecule has 0 saturated carbocycles. The Hall–Kier alpha value is -15.4. The van der Waals surface area contributed by atoms with E-state index in [1.54, 1.807) is 0 Å². The number of nitrogens with one attached hydrogen (secondary N) is 1. The van der Waals surface area contributed by atoms with Gasteiger partial charge in [-0.15, -0.1) is 0 Å². The van der Waals surface area contributed by atoms with Crippen molar-refractivity contribution in [1.82, 2.24) is 9.13 Å². The molecule has 0 unspecified atom stereocenters. The molecule has 0 bridgehead atoms. The first kappa shape index (κ1) is 73.9. The summed E-state index contributed by atoms with van der Waals surface area (Å²) in [7, 11) is 0. The fourth-order valence-electron chi connectivity index (χ4n) is 19.9. The lowest BCUT2D eigenvalue weighted by Gasteiger charge is -2.34. The van der Waals surface area contributed by atoms with Crippen molar-refractivity contribution < 1.29 is 0 Å². The number of aromatic nitrogens is 2. The minimum atomic E-state index is -0.452. The molecule has 580 valence electrons. The molecule has 24 rings (SSSR count). The van der Waals surface area contributed by atoms with E-state index in [0.29, 0.717) is 0 Å². The SMILES string of the molecule is Brc1ccc(C2(c3ccccc3)c3ccccc3-c3ccccc32)cc1.c1ccc(-n2c3ccccc3c3ccc(-c4ccc(N(c5ccc(C6(c7ccccc7)c7ccccc7-c7ccccc76)cc5)c5cccc6ccccc56)cc4)cc32)cc1.c1ccc(-n2c3ccccc3c3ccc(-c4ccc(Nc5cccc6ccccc56)cc4)cc32)cc1. The molecule has 5 heteroatoms. The fourth-order valence-corrected chi connectivity index (χ4v) is 20.1. The van der Waals surface area contributed by atoms with Gasteiger partial charge >= 0.3 is 0 Å². The number of rotatable bonds is 13. The second-order valence-electron chi connectivity index (χ2n) is 31.9. The van der Waals surface area contributed by atoms with Gasteiger partial charge in [0.1, 0.15) is 0 Å². The number of hydrogen-bond acceptors (Lipinski definition) is 2. The number of anilines is 5.